The van der Waals surface area contributed by atoms with Crippen molar-refractivity contribution in [3.63, 3.8) is 0 Å². The lowest BCUT2D eigenvalue weighted by Crippen LogP contribution is -2.29. The number of aliphatic hydroxyl groups is 1. The number of Topliss-reactive ketones (excluding diaryl/α,β-unsaturated/α-hetero) is 1. The molecule has 0 bridgehead atoms. The number of ketones is 1. The normalized spacial score (nSPS) is 18.3. The van der Waals surface area contributed by atoms with Crippen molar-refractivity contribution >= 4 is 45.7 Å². The van der Waals surface area contributed by atoms with Gasteiger partial charge in [0.2, 0.25) is 5.13 Å². The second-order valence-electron chi connectivity index (χ2n) is 11.2. The predicted molar refractivity (Wildman–Crippen MR) is 178 cm³/mol. The maximum absolute atomic E-state index is 13.8. The molecule has 1 N–H and O–H groups in total. The third-order valence-corrected chi connectivity index (χ3v) is 10.0. The van der Waals surface area contributed by atoms with Gasteiger partial charge in [-0.1, -0.05) is 77.7 Å². The van der Waals surface area contributed by atoms with E-state index in [4.69, 9.17) is 9.47 Å². The Hall–Kier alpha value is -5.00. The van der Waals surface area contributed by atoms with Gasteiger partial charge in [0.05, 0.1) is 11.6 Å². The van der Waals surface area contributed by atoms with Gasteiger partial charge in [-0.05, 0) is 71.6 Å². The van der Waals surface area contributed by atoms with Crippen LogP contribution in [-0.2, 0) is 28.4 Å². The predicted octanol–water partition coefficient (Wildman–Crippen LogP) is 7.50. The number of aromatic nitrogens is 2. The molecule has 0 radical (unpaired) electrons. The quantitative estimate of drug-likeness (QED) is 0.0568. The number of anilines is 1. The molecule has 1 aromatic heterocycles. The first-order chi connectivity index (χ1) is 22.8. The summed E-state index contributed by atoms with van der Waals surface area (Å²) in [7, 11) is 0. The molecular formula is C36H28FN3O5S2. The van der Waals surface area contributed by atoms with Crippen LogP contribution in [0.1, 0.15) is 40.8 Å². The molecule has 0 spiro atoms. The number of rotatable bonds is 9. The number of ether oxygens (including phenoxy) is 2. The fraction of sp³-hybridized carbons (Fsp3) is 0.167. The van der Waals surface area contributed by atoms with Gasteiger partial charge in [-0.2, -0.15) is 0 Å². The van der Waals surface area contributed by atoms with Gasteiger partial charge in [-0.15, -0.1) is 10.2 Å². The van der Waals surface area contributed by atoms with E-state index in [1.807, 2.05) is 37.3 Å². The number of halogens is 1. The highest BCUT2D eigenvalue weighted by Crippen LogP contribution is 2.45. The Bertz CT molecular complexity index is 2000. The Morgan fingerprint density at radius 1 is 1.00 bits per heavy atom. The minimum atomic E-state index is -0.999. The number of nitrogens with zero attached hydrogens (tertiary/aromatic N) is 3. The fourth-order valence-electron chi connectivity index (χ4n) is 5.67. The van der Waals surface area contributed by atoms with Gasteiger partial charge in [0.1, 0.15) is 35.8 Å². The van der Waals surface area contributed by atoms with Crippen LogP contribution in [0.4, 0.5) is 9.52 Å². The third-order valence-electron chi connectivity index (χ3n) is 7.91. The summed E-state index contributed by atoms with van der Waals surface area (Å²) in [6.07, 6.45) is 0.664. The van der Waals surface area contributed by atoms with Crippen LogP contribution < -0.4 is 14.4 Å². The number of hydrogen-bond acceptors (Lipinski definition) is 9. The van der Waals surface area contributed by atoms with E-state index in [9.17, 15) is 19.1 Å². The molecule has 1 amide bonds. The van der Waals surface area contributed by atoms with Gasteiger partial charge < -0.3 is 14.6 Å². The molecule has 4 aromatic carbocycles. The zero-order chi connectivity index (χ0) is 32.5. The summed E-state index contributed by atoms with van der Waals surface area (Å²) in [5.41, 5.74) is 3.71. The first-order valence-corrected chi connectivity index (χ1v) is 16.7. The van der Waals surface area contributed by atoms with E-state index < -0.39 is 17.7 Å². The number of aliphatic hydroxyl groups excluding tert-OH is 1. The van der Waals surface area contributed by atoms with Crippen LogP contribution in [0.5, 0.6) is 11.5 Å². The number of hydrogen-bond donors (Lipinski definition) is 1. The summed E-state index contributed by atoms with van der Waals surface area (Å²) in [5, 5.41) is 20.5. The van der Waals surface area contributed by atoms with Crippen molar-refractivity contribution in [2.75, 3.05) is 4.90 Å². The molecular weight excluding hydrogens is 638 g/mol. The van der Waals surface area contributed by atoms with Crippen LogP contribution >= 0.6 is 23.1 Å². The number of amides is 1. The largest absolute Gasteiger partial charge is 0.507 e. The summed E-state index contributed by atoms with van der Waals surface area (Å²) in [4.78, 5) is 28.8. The van der Waals surface area contributed by atoms with E-state index in [0.717, 1.165) is 33.8 Å². The highest BCUT2D eigenvalue weighted by Gasteiger charge is 2.48. The van der Waals surface area contributed by atoms with Crippen LogP contribution in [0.25, 0.3) is 5.76 Å². The van der Waals surface area contributed by atoms with E-state index in [0.29, 0.717) is 40.0 Å². The zero-order valence-corrected chi connectivity index (χ0v) is 26.8. The van der Waals surface area contributed by atoms with Crippen LogP contribution in [0.3, 0.4) is 0 Å². The molecule has 0 unspecified atom stereocenters. The van der Waals surface area contributed by atoms with Gasteiger partial charge in [0, 0.05) is 17.7 Å². The van der Waals surface area contributed by atoms with Crippen molar-refractivity contribution in [1.29, 1.82) is 0 Å². The maximum atomic E-state index is 13.8. The Labute approximate surface area is 278 Å². The van der Waals surface area contributed by atoms with E-state index in [2.05, 4.69) is 10.2 Å². The molecule has 3 heterocycles. The van der Waals surface area contributed by atoms with Crippen molar-refractivity contribution in [2.45, 2.75) is 42.2 Å². The molecule has 1 fully saturated rings. The van der Waals surface area contributed by atoms with E-state index in [1.165, 1.54) is 28.8 Å². The lowest BCUT2D eigenvalue weighted by molar-refractivity contribution is -0.132. The number of benzene rings is 4. The van der Waals surface area contributed by atoms with Gasteiger partial charge in [0.15, 0.2) is 4.34 Å². The first-order valence-electron chi connectivity index (χ1n) is 14.9. The standard InChI is InChI=1S/C36H28FN3O5S2/c1-21-16-26-17-25(12-15-29(26)45-21)32(41)30-31(24-8-5-9-28(18-24)44-19-22-6-3-2-4-7-22)40(34(43)33(30)42)35-38-39-36(47-35)46-20-23-10-13-27(37)14-11-23/h2-15,17-18,21,31,41H,16,19-20H2,1H3/b32-30+/t21-,31-/m0/s1. The minimum absolute atomic E-state index is 0.000807. The molecule has 8 nitrogen and oxygen atoms in total. The van der Waals surface area contributed by atoms with Gasteiger partial charge >= 0.3 is 5.91 Å². The summed E-state index contributed by atoms with van der Waals surface area (Å²) in [6, 6.07) is 27.3. The second kappa shape index (κ2) is 13.0. The van der Waals surface area contributed by atoms with Crippen molar-refractivity contribution in [3.8, 4) is 11.5 Å². The van der Waals surface area contributed by atoms with Crippen molar-refractivity contribution in [3.05, 3.63) is 136 Å². The lowest BCUT2D eigenvalue weighted by atomic mass is 9.94. The average molecular weight is 666 g/mol. The Balaban J connectivity index is 1.25. The third kappa shape index (κ3) is 6.36. The van der Waals surface area contributed by atoms with Gasteiger partial charge in [0.25, 0.3) is 5.78 Å². The monoisotopic (exact) mass is 665 g/mol. The molecule has 5 aromatic rings. The van der Waals surface area contributed by atoms with Crippen molar-refractivity contribution < 1.29 is 28.6 Å². The Morgan fingerprint density at radius 3 is 2.62 bits per heavy atom. The number of fused-ring (bicyclic) bond motifs is 1. The zero-order valence-electron chi connectivity index (χ0n) is 25.1. The topological polar surface area (TPSA) is 102 Å². The van der Waals surface area contributed by atoms with Crippen LogP contribution in [-0.4, -0.2) is 33.1 Å². The molecule has 47 heavy (non-hydrogen) atoms. The molecule has 2 atom stereocenters. The molecule has 11 heteroatoms. The molecule has 236 valence electrons. The average Bonchev–Trinajstić information content (AvgIpc) is 3.78. The van der Waals surface area contributed by atoms with E-state index >= 15 is 0 Å². The summed E-state index contributed by atoms with van der Waals surface area (Å²) < 4.78 is 25.8. The highest BCUT2D eigenvalue weighted by molar-refractivity contribution is 8.00. The summed E-state index contributed by atoms with van der Waals surface area (Å²) in [5.74, 6) is -0.477. The van der Waals surface area contributed by atoms with E-state index in [-0.39, 0.29) is 28.4 Å². The lowest BCUT2D eigenvalue weighted by Gasteiger charge is -2.23. The smallest absolute Gasteiger partial charge is 0.301 e. The highest BCUT2D eigenvalue weighted by atomic mass is 32.2. The van der Waals surface area contributed by atoms with E-state index in [1.54, 1.807) is 54.6 Å². The molecule has 0 saturated carbocycles. The second-order valence-corrected chi connectivity index (χ2v) is 13.4. The molecule has 1 saturated heterocycles. The molecule has 7 rings (SSSR count). The summed E-state index contributed by atoms with van der Waals surface area (Å²) in [6.45, 7) is 2.29. The maximum Gasteiger partial charge on any atom is 0.301 e. The minimum Gasteiger partial charge on any atom is -0.507 e. The van der Waals surface area contributed by atoms with Crippen LogP contribution in [0, 0.1) is 5.82 Å². The number of carbonyl (C=O) groups is 2. The van der Waals surface area contributed by atoms with Crippen LogP contribution in [0.15, 0.2) is 107 Å². The number of thioether (sulfide) groups is 1. The number of carbonyl (C=O) groups excluding carboxylic acids is 2. The molecule has 0 aliphatic carbocycles. The fourth-order valence-corrected chi connectivity index (χ4v) is 7.49. The van der Waals surface area contributed by atoms with Crippen molar-refractivity contribution in [1.82, 2.24) is 10.2 Å². The Morgan fingerprint density at radius 2 is 1.81 bits per heavy atom. The SMILES string of the molecule is C[C@H]1Cc2cc(/C(O)=C3\C(=O)C(=O)N(c4nnc(SCc5ccc(F)cc5)s4)[C@H]3c3cccc(OCc4ccccc4)c3)ccc2O1. The Kier molecular flexibility index (Phi) is 8.48. The van der Waals surface area contributed by atoms with Crippen molar-refractivity contribution in [2.24, 2.45) is 0 Å². The van der Waals surface area contributed by atoms with Gasteiger partial charge in [-0.3, -0.25) is 14.5 Å². The molecule has 2 aliphatic heterocycles. The summed E-state index contributed by atoms with van der Waals surface area (Å²) >= 11 is 2.55. The van der Waals surface area contributed by atoms with Crippen LogP contribution in [0.2, 0.25) is 0 Å². The molecule has 2 aliphatic rings. The first kappa shape index (κ1) is 30.6. The van der Waals surface area contributed by atoms with Gasteiger partial charge in [-0.25, -0.2) is 4.39 Å².